The summed E-state index contributed by atoms with van der Waals surface area (Å²) in [7, 11) is 1.35. The highest BCUT2D eigenvalue weighted by Gasteiger charge is 2.11. The largest absolute Gasteiger partial charge is 0.490 e. The summed E-state index contributed by atoms with van der Waals surface area (Å²) in [6, 6.07) is 13.2. The lowest BCUT2D eigenvalue weighted by molar-refractivity contribution is -0.134. The predicted octanol–water partition coefficient (Wildman–Crippen LogP) is 11.2. The molecule has 0 heterocycles. The summed E-state index contributed by atoms with van der Waals surface area (Å²) in [4.78, 5) is 24.4. The minimum Gasteiger partial charge on any atom is -0.490 e. The first-order valence-electron chi connectivity index (χ1n) is 18.2. The zero-order chi connectivity index (χ0) is 34.0. The molecule has 0 aliphatic heterocycles. The van der Waals surface area contributed by atoms with E-state index in [0.717, 1.165) is 47.5 Å². The monoisotopic (exact) mass is 648 g/mol. The summed E-state index contributed by atoms with van der Waals surface area (Å²) in [5, 5.41) is 0. The zero-order valence-electron chi connectivity index (χ0n) is 29.7. The van der Waals surface area contributed by atoms with Crippen molar-refractivity contribution in [1.29, 1.82) is 0 Å². The van der Waals surface area contributed by atoms with E-state index >= 15 is 0 Å². The van der Waals surface area contributed by atoms with Gasteiger partial charge in [-0.15, -0.1) is 0 Å². The summed E-state index contributed by atoms with van der Waals surface area (Å²) in [5.74, 6) is 0.621. The van der Waals surface area contributed by atoms with Crippen molar-refractivity contribution in [2.24, 2.45) is 0 Å². The Morgan fingerprint density at radius 3 is 1.74 bits per heavy atom. The third-order valence-electron chi connectivity index (χ3n) is 8.11. The molecular formula is C41H60O6. The van der Waals surface area contributed by atoms with Crippen LogP contribution in [0.25, 0.3) is 11.6 Å². The molecule has 2 aromatic rings. The van der Waals surface area contributed by atoms with Crippen LogP contribution < -0.4 is 9.47 Å². The fourth-order valence-electron chi connectivity index (χ4n) is 5.36. The number of rotatable bonds is 26. The lowest BCUT2D eigenvalue weighted by Crippen LogP contribution is -2.04. The summed E-state index contributed by atoms with van der Waals surface area (Å²) in [6.07, 6.45) is 25.0. The first-order valence-corrected chi connectivity index (χ1v) is 18.2. The third-order valence-corrected chi connectivity index (χ3v) is 8.11. The minimum atomic E-state index is -0.462. The minimum absolute atomic E-state index is 0.295. The van der Waals surface area contributed by atoms with Crippen molar-refractivity contribution >= 4 is 23.6 Å². The van der Waals surface area contributed by atoms with Gasteiger partial charge in [-0.25, -0.2) is 9.59 Å². The quantitative estimate of drug-likeness (QED) is 0.0332. The molecule has 0 unspecified atom stereocenters. The van der Waals surface area contributed by atoms with Crippen LogP contribution in [-0.4, -0.2) is 38.9 Å². The molecule has 0 fully saturated rings. The van der Waals surface area contributed by atoms with Gasteiger partial charge in [0.25, 0.3) is 0 Å². The third kappa shape index (κ3) is 17.3. The van der Waals surface area contributed by atoms with Crippen LogP contribution in [-0.2, 0) is 14.3 Å². The Balaban J connectivity index is 2.20. The van der Waals surface area contributed by atoms with Gasteiger partial charge in [-0.2, -0.15) is 0 Å². The van der Waals surface area contributed by atoms with E-state index in [-0.39, 0.29) is 5.97 Å². The van der Waals surface area contributed by atoms with Crippen LogP contribution in [0.4, 0.5) is 0 Å². The van der Waals surface area contributed by atoms with Crippen molar-refractivity contribution in [1.82, 2.24) is 0 Å². The van der Waals surface area contributed by atoms with Gasteiger partial charge in [0.2, 0.25) is 0 Å². The molecule has 6 heteroatoms. The van der Waals surface area contributed by atoms with Gasteiger partial charge >= 0.3 is 11.9 Å². The van der Waals surface area contributed by atoms with Gasteiger partial charge in [-0.05, 0) is 72.9 Å². The fraction of sp³-hybridized carbons (Fsp3) is 0.561. The molecular weight excluding hydrogens is 588 g/mol. The van der Waals surface area contributed by atoms with Crippen LogP contribution >= 0.6 is 0 Å². The standard InChI is InChI=1S/C41H60O6/c1-5-8-10-12-14-16-18-20-29-46-38-27-25-34(32-39(38)47-30-21-19-17-15-13-11-9-6-2)31-36(26-28-40(42)44-4)35-23-22-24-37(33-35)41(43)45-7-3/h22-28,31-33H,5-21,29-30H2,1-4H3. The Kier molecular flexibility index (Phi) is 21.5. The second-order valence-electron chi connectivity index (χ2n) is 12.1. The van der Waals surface area contributed by atoms with Crippen molar-refractivity contribution in [3.8, 4) is 11.5 Å². The van der Waals surface area contributed by atoms with Gasteiger partial charge in [-0.3, -0.25) is 0 Å². The maximum Gasteiger partial charge on any atom is 0.338 e. The molecule has 0 aromatic heterocycles. The molecule has 0 saturated heterocycles. The van der Waals surface area contributed by atoms with Crippen molar-refractivity contribution < 1.29 is 28.5 Å². The van der Waals surface area contributed by atoms with Crippen LogP contribution in [0.5, 0.6) is 11.5 Å². The van der Waals surface area contributed by atoms with Gasteiger partial charge in [0, 0.05) is 6.08 Å². The average Bonchev–Trinajstić information content (AvgIpc) is 3.09. The summed E-state index contributed by atoms with van der Waals surface area (Å²) in [5.41, 5.74) is 2.84. The number of ether oxygens (including phenoxy) is 4. The number of carbonyl (C=O) groups excluding carboxylic acids is 2. The molecule has 0 saturated carbocycles. The first-order chi connectivity index (χ1) is 23.0. The lowest BCUT2D eigenvalue weighted by atomic mass is 10.00. The van der Waals surface area contributed by atoms with E-state index in [1.165, 1.54) is 96.7 Å². The van der Waals surface area contributed by atoms with Crippen LogP contribution in [0.3, 0.4) is 0 Å². The Bertz CT molecular complexity index is 1210. The van der Waals surface area contributed by atoms with Crippen LogP contribution in [0, 0.1) is 0 Å². The van der Waals surface area contributed by atoms with Crippen LogP contribution in [0.15, 0.2) is 54.6 Å². The highest BCUT2D eigenvalue weighted by molar-refractivity contribution is 5.95. The number of unbranched alkanes of at least 4 members (excludes halogenated alkanes) is 14. The number of carbonyl (C=O) groups is 2. The lowest BCUT2D eigenvalue weighted by Gasteiger charge is -2.14. The number of esters is 2. The van der Waals surface area contributed by atoms with E-state index in [2.05, 4.69) is 13.8 Å². The van der Waals surface area contributed by atoms with Crippen molar-refractivity contribution in [2.45, 2.75) is 124 Å². The number of hydrogen-bond donors (Lipinski definition) is 0. The van der Waals surface area contributed by atoms with Crippen LogP contribution in [0.2, 0.25) is 0 Å². The molecule has 0 aliphatic carbocycles. The van der Waals surface area contributed by atoms with Gasteiger partial charge in [0.05, 0.1) is 32.5 Å². The second kappa shape index (κ2) is 25.5. The number of hydrogen-bond acceptors (Lipinski definition) is 6. The molecule has 0 atom stereocenters. The zero-order valence-corrected chi connectivity index (χ0v) is 29.7. The summed E-state index contributed by atoms with van der Waals surface area (Å²) < 4.78 is 22.6. The Morgan fingerprint density at radius 1 is 0.617 bits per heavy atom. The van der Waals surface area contributed by atoms with Crippen molar-refractivity contribution in [2.75, 3.05) is 26.9 Å². The van der Waals surface area contributed by atoms with E-state index in [1.807, 2.05) is 36.4 Å². The maximum atomic E-state index is 12.4. The normalized spacial score (nSPS) is 11.5. The first kappa shape index (κ1) is 39.6. The average molecular weight is 649 g/mol. The molecule has 47 heavy (non-hydrogen) atoms. The molecule has 0 amide bonds. The molecule has 2 aromatic carbocycles. The Morgan fingerprint density at radius 2 is 1.17 bits per heavy atom. The Hall–Kier alpha value is -3.54. The number of benzene rings is 2. The van der Waals surface area contributed by atoms with Crippen LogP contribution in [0.1, 0.15) is 145 Å². The van der Waals surface area contributed by atoms with E-state index in [0.29, 0.717) is 25.4 Å². The van der Waals surface area contributed by atoms with E-state index in [4.69, 9.17) is 18.9 Å². The topological polar surface area (TPSA) is 71.1 Å². The maximum absolute atomic E-state index is 12.4. The van der Waals surface area contributed by atoms with E-state index < -0.39 is 5.97 Å². The smallest absolute Gasteiger partial charge is 0.338 e. The highest BCUT2D eigenvalue weighted by Crippen LogP contribution is 2.31. The second-order valence-corrected chi connectivity index (χ2v) is 12.1. The molecule has 260 valence electrons. The van der Waals surface area contributed by atoms with Gasteiger partial charge in [-0.1, -0.05) is 122 Å². The van der Waals surface area contributed by atoms with Gasteiger partial charge < -0.3 is 18.9 Å². The van der Waals surface area contributed by atoms with E-state index in [9.17, 15) is 9.59 Å². The van der Waals surface area contributed by atoms with Crippen molar-refractivity contribution in [3.05, 3.63) is 71.3 Å². The molecule has 0 spiro atoms. The Labute approximate surface area is 284 Å². The van der Waals surface area contributed by atoms with Crippen molar-refractivity contribution in [3.63, 3.8) is 0 Å². The summed E-state index contributed by atoms with van der Waals surface area (Å²) in [6.45, 7) is 7.87. The number of allylic oxidation sites excluding steroid dienone is 2. The molecule has 6 nitrogen and oxygen atoms in total. The molecule has 2 rings (SSSR count). The highest BCUT2D eigenvalue weighted by atomic mass is 16.5. The summed E-state index contributed by atoms with van der Waals surface area (Å²) >= 11 is 0. The van der Waals surface area contributed by atoms with Gasteiger partial charge in [0.15, 0.2) is 11.5 Å². The SMILES string of the molecule is CCCCCCCCCCOc1ccc(C=C(C=CC(=O)OC)c2cccc(C(=O)OCC)c2)cc1OCCCCCCCCCC. The fourth-order valence-corrected chi connectivity index (χ4v) is 5.36. The van der Waals surface area contributed by atoms with Gasteiger partial charge in [0.1, 0.15) is 0 Å². The predicted molar refractivity (Wildman–Crippen MR) is 194 cm³/mol. The molecule has 0 bridgehead atoms. The molecule has 0 radical (unpaired) electrons. The van der Waals surface area contributed by atoms with E-state index in [1.54, 1.807) is 25.1 Å². The molecule has 0 aliphatic rings. The molecule has 0 N–H and O–H groups in total. The number of methoxy groups -OCH3 is 1.